The molecular weight excluding hydrogens is 177 g/mol. The quantitative estimate of drug-likeness (QED) is 0.638. The lowest BCUT2D eigenvalue weighted by molar-refractivity contribution is 0.294. The molecule has 0 fully saturated rings. The normalized spacial score (nSPS) is 14.9. The lowest BCUT2D eigenvalue weighted by Gasteiger charge is -2.07. The lowest BCUT2D eigenvalue weighted by atomic mass is 10.2. The highest BCUT2D eigenvalue weighted by Gasteiger charge is 2.20. The van der Waals surface area contributed by atoms with Gasteiger partial charge >= 0.3 is 7.60 Å². The van der Waals surface area contributed by atoms with E-state index in [0.29, 0.717) is 0 Å². The number of halogens is 2. The SMILES string of the molecule is O=P(O)(O)CC(F)CCCF. The first-order valence-electron chi connectivity index (χ1n) is 3.20. The highest BCUT2D eigenvalue weighted by Crippen LogP contribution is 2.36. The van der Waals surface area contributed by atoms with Crippen molar-refractivity contribution in [1.82, 2.24) is 0 Å². The van der Waals surface area contributed by atoms with Gasteiger partial charge < -0.3 is 9.79 Å². The summed E-state index contributed by atoms with van der Waals surface area (Å²) < 4.78 is 34.0. The van der Waals surface area contributed by atoms with Gasteiger partial charge in [0.25, 0.3) is 0 Å². The Morgan fingerprint density at radius 2 is 2.00 bits per heavy atom. The highest BCUT2D eigenvalue weighted by molar-refractivity contribution is 7.51. The first kappa shape index (κ1) is 11.0. The maximum absolute atomic E-state index is 12.4. The number of rotatable bonds is 5. The topological polar surface area (TPSA) is 57.5 Å². The maximum Gasteiger partial charge on any atom is 0.328 e. The Balaban J connectivity index is 3.52. The summed E-state index contributed by atoms with van der Waals surface area (Å²) in [5.74, 6) is 0. The molecule has 1 unspecified atom stereocenters. The Hall–Kier alpha value is 0.01000. The molecule has 0 aliphatic heterocycles. The van der Waals surface area contributed by atoms with E-state index in [9.17, 15) is 13.3 Å². The number of hydrogen-bond donors (Lipinski definition) is 2. The smallest absolute Gasteiger partial charge is 0.324 e. The molecule has 0 radical (unpaired) electrons. The Bertz CT molecular complexity index is 147. The van der Waals surface area contributed by atoms with E-state index in [-0.39, 0.29) is 12.8 Å². The molecule has 0 aromatic carbocycles. The van der Waals surface area contributed by atoms with Crippen LogP contribution in [0.3, 0.4) is 0 Å². The molecule has 0 saturated heterocycles. The van der Waals surface area contributed by atoms with Crippen molar-refractivity contribution in [2.24, 2.45) is 0 Å². The molecule has 0 saturated carbocycles. The second-order valence-electron chi connectivity index (χ2n) is 2.28. The zero-order chi connectivity index (χ0) is 8.91. The summed E-state index contributed by atoms with van der Waals surface area (Å²) in [7, 11) is -4.26. The Kier molecular flexibility index (Phi) is 4.81. The minimum absolute atomic E-state index is 0.0150. The first-order valence-corrected chi connectivity index (χ1v) is 5.00. The molecule has 0 amide bonds. The summed E-state index contributed by atoms with van der Waals surface area (Å²) in [4.78, 5) is 16.5. The zero-order valence-electron chi connectivity index (χ0n) is 5.91. The molecule has 68 valence electrons. The molecule has 0 spiro atoms. The summed E-state index contributed by atoms with van der Waals surface area (Å²) in [5, 5.41) is 0. The van der Waals surface area contributed by atoms with Crippen LogP contribution in [0.25, 0.3) is 0 Å². The molecule has 0 rings (SSSR count). The molecule has 3 nitrogen and oxygen atoms in total. The van der Waals surface area contributed by atoms with Crippen molar-refractivity contribution in [3.05, 3.63) is 0 Å². The zero-order valence-corrected chi connectivity index (χ0v) is 6.81. The molecule has 0 aromatic rings. The van der Waals surface area contributed by atoms with Crippen LogP contribution in [0.5, 0.6) is 0 Å². The minimum Gasteiger partial charge on any atom is -0.324 e. The van der Waals surface area contributed by atoms with Gasteiger partial charge in [-0.3, -0.25) is 8.96 Å². The molecule has 0 aromatic heterocycles. The molecule has 1 atom stereocenters. The summed E-state index contributed by atoms with van der Waals surface area (Å²) in [6, 6.07) is 0. The molecule has 0 aliphatic carbocycles. The summed E-state index contributed by atoms with van der Waals surface area (Å²) >= 11 is 0. The maximum atomic E-state index is 12.4. The van der Waals surface area contributed by atoms with E-state index in [2.05, 4.69) is 0 Å². The second-order valence-corrected chi connectivity index (χ2v) is 3.97. The van der Waals surface area contributed by atoms with Crippen LogP contribution in [0.4, 0.5) is 8.78 Å². The van der Waals surface area contributed by atoms with Crippen molar-refractivity contribution >= 4 is 7.60 Å². The van der Waals surface area contributed by atoms with Gasteiger partial charge in [-0.05, 0) is 12.8 Å². The van der Waals surface area contributed by atoms with Crippen LogP contribution in [0.1, 0.15) is 12.8 Å². The molecule has 2 N–H and O–H groups in total. The average Bonchev–Trinajstić information content (AvgIpc) is 1.79. The van der Waals surface area contributed by atoms with Crippen molar-refractivity contribution in [1.29, 1.82) is 0 Å². The van der Waals surface area contributed by atoms with Gasteiger partial charge in [0.15, 0.2) is 0 Å². The van der Waals surface area contributed by atoms with Crippen molar-refractivity contribution < 1.29 is 23.1 Å². The molecule has 0 heterocycles. The van der Waals surface area contributed by atoms with Gasteiger partial charge in [0, 0.05) is 0 Å². The van der Waals surface area contributed by atoms with Crippen LogP contribution in [-0.2, 0) is 4.57 Å². The van der Waals surface area contributed by atoms with Crippen molar-refractivity contribution in [3.63, 3.8) is 0 Å². The predicted octanol–water partition coefficient (Wildman–Crippen LogP) is 1.25. The molecule has 6 heteroatoms. The molecule has 0 bridgehead atoms. The van der Waals surface area contributed by atoms with E-state index in [1.54, 1.807) is 0 Å². The lowest BCUT2D eigenvalue weighted by Crippen LogP contribution is -2.07. The van der Waals surface area contributed by atoms with E-state index in [4.69, 9.17) is 9.79 Å². The van der Waals surface area contributed by atoms with Crippen LogP contribution in [-0.4, -0.2) is 28.8 Å². The fourth-order valence-electron chi connectivity index (χ4n) is 0.648. The van der Waals surface area contributed by atoms with Crippen molar-refractivity contribution in [2.75, 3.05) is 12.8 Å². The van der Waals surface area contributed by atoms with E-state index in [1.807, 2.05) is 0 Å². The third-order valence-electron chi connectivity index (χ3n) is 1.09. The van der Waals surface area contributed by atoms with Gasteiger partial charge in [-0.2, -0.15) is 0 Å². The fraction of sp³-hybridized carbons (Fsp3) is 1.00. The standard InChI is InChI=1S/C5H11F2O3P/c6-3-1-2-5(7)4-11(8,9)10/h5H,1-4H2,(H2,8,9,10). The fourth-order valence-corrected chi connectivity index (χ4v) is 1.35. The molecule has 11 heavy (non-hydrogen) atoms. The second kappa shape index (κ2) is 4.80. The summed E-state index contributed by atoms with van der Waals surface area (Å²) in [5.41, 5.74) is 0. The molecule has 0 aliphatic rings. The Labute approximate surface area is 63.6 Å². The van der Waals surface area contributed by atoms with Gasteiger partial charge in [-0.15, -0.1) is 0 Å². The van der Waals surface area contributed by atoms with Crippen LogP contribution >= 0.6 is 7.60 Å². The Morgan fingerprint density at radius 1 is 1.45 bits per heavy atom. The minimum atomic E-state index is -4.26. The number of alkyl halides is 2. The average molecular weight is 188 g/mol. The predicted molar refractivity (Wildman–Crippen MR) is 37.0 cm³/mol. The third kappa shape index (κ3) is 7.91. The number of hydrogen-bond acceptors (Lipinski definition) is 1. The largest absolute Gasteiger partial charge is 0.328 e. The van der Waals surface area contributed by atoms with Crippen LogP contribution in [0, 0.1) is 0 Å². The van der Waals surface area contributed by atoms with E-state index in [0.717, 1.165) is 0 Å². The van der Waals surface area contributed by atoms with Crippen molar-refractivity contribution in [3.8, 4) is 0 Å². The van der Waals surface area contributed by atoms with Crippen LogP contribution < -0.4 is 0 Å². The summed E-state index contributed by atoms with van der Waals surface area (Å²) in [6.07, 6.45) is -2.50. The van der Waals surface area contributed by atoms with E-state index in [1.165, 1.54) is 0 Å². The van der Waals surface area contributed by atoms with Crippen LogP contribution in [0.15, 0.2) is 0 Å². The van der Waals surface area contributed by atoms with Gasteiger partial charge in [0.2, 0.25) is 0 Å². The van der Waals surface area contributed by atoms with Gasteiger partial charge in [-0.1, -0.05) is 0 Å². The summed E-state index contributed by atoms with van der Waals surface area (Å²) in [6.45, 7) is -0.651. The van der Waals surface area contributed by atoms with E-state index >= 15 is 0 Å². The highest BCUT2D eigenvalue weighted by atomic mass is 31.2. The van der Waals surface area contributed by atoms with Crippen LogP contribution in [0.2, 0.25) is 0 Å². The van der Waals surface area contributed by atoms with Gasteiger partial charge in [0.05, 0.1) is 12.8 Å². The third-order valence-corrected chi connectivity index (χ3v) is 1.96. The van der Waals surface area contributed by atoms with Gasteiger partial charge in [-0.25, -0.2) is 4.39 Å². The van der Waals surface area contributed by atoms with Crippen molar-refractivity contribution in [2.45, 2.75) is 19.0 Å². The van der Waals surface area contributed by atoms with E-state index < -0.39 is 26.6 Å². The first-order chi connectivity index (χ1) is 4.95. The molecular formula is C5H11F2O3P. The van der Waals surface area contributed by atoms with Gasteiger partial charge in [0.1, 0.15) is 6.17 Å². The Morgan fingerprint density at radius 3 is 2.36 bits per heavy atom. The monoisotopic (exact) mass is 188 g/mol.